The second-order valence-electron chi connectivity index (χ2n) is 4.38. The van der Waals surface area contributed by atoms with E-state index in [0.717, 1.165) is 12.8 Å². The summed E-state index contributed by atoms with van der Waals surface area (Å²) < 4.78 is 0. The molecule has 0 radical (unpaired) electrons. The van der Waals surface area contributed by atoms with Crippen molar-refractivity contribution >= 4 is 17.7 Å². The normalized spacial score (nSPS) is 16.3. The smallest absolute Gasteiger partial charge is 0.234 e. The van der Waals surface area contributed by atoms with Crippen molar-refractivity contribution in [2.75, 3.05) is 19.4 Å². The van der Waals surface area contributed by atoms with Crippen molar-refractivity contribution in [1.29, 1.82) is 0 Å². The third-order valence-corrected chi connectivity index (χ3v) is 3.92. The van der Waals surface area contributed by atoms with Crippen LogP contribution in [0.2, 0.25) is 0 Å². The van der Waals surface area contributed by atoms with Gasteiger partial charge in [0.15, 0.2) is 0 Å². The molecule has 5 heteroatoms. The van der Waals surface area contributed by atoms with E-state index in [4.69, 9.17) is 5.11 Å². The first-order chi connectivity index (χ1) is 8.04. The lowest BCUT2D eigenvalue weighted by atomic mass is 10.2. The molecule has 3 atom stereocenters. The third-order valence-electron chi connectivity index (χ3n) is 2.75. The largest absolute Gasteiger partial charge is 0.395 e. The number of aliphatic hydroxyl groups excluding tert-OH is 1. The zero-order valence-electron chi connectivity index (χ0n) is 11.3. The number of carbonyl (C=O) groups excluding carboxylic acids is 1. The molecule has 0 bridgehead atoms. The fraction of sp³-hybridized carbons (Fsp3) is 0.917. The Morgan fingerprint density at radius 3 is 2.53 bits per heavy atom. The maximum atomic E-state index is 11.6. The highest BCUT2D eigenvalue weighted by molar-refractivity contribution is 7.99. The van der Waals surface area contributed by atoms with Crippen LogP contribution in [-0.2, 0) is 4.79 Å². The van der Waals surface area contributed by atoms with Gasteiger partial charge in [0.1, 0.15) is 0 Å². The van der Waals surface area contributed by atoms with E-state index in [-0.39, 0.29) is 29.8 Å². The number of hydrogen-bond acceptors (Lipinski definition) is 4. The highest BCUT2D eigenvalue weighted by atomic mass is 32.2. The molecule has 0 saturated carbocycles. The maximum Gasteiger partial charge on any atom is 0.234 e. The lowest BCUT2D eigenvalue weighted by Gasteiger charge is -2.21. The Bertz CT molecular complexity index is 211. The Morgan fingerprint density at radius 2 is 2.06 bits per heavy atom. The minimum absolute atomic E-state index is 0.0237. The molecule has 102 valence electrons. The number of rotatable bonds is 9. The molecule has 0 aliphatic carbocycles. The highest BCUT2D eigenvalue weighted by Crippen LogP contribution is 2.09. The molecule has 0 aromatic rings. The van der Waals surface area contributed by atoms with Gasteiger partial charge in [-0.15, -0.1) is 0 Å². The van der Waals surface area contributed by atoms with Gasteiger partial charge in [-0.05, 0) is 26.5 Å². The quantitative estimate of drug-likeness (QED) is 0.580. The van der Waals surface area contributed by atoms with Crippen LogP contribution in [0, 0.1) is 0 Å². The first-order valence-electron chi connectivity index (χ1n) is 6.21. The molecule has 0 aromatic carbocycles. The Kier molecular flexibility index (Phi) is 9.59. The monoisotopic (exact) mass is 262 g/mol. The molecule has 0 rings (SSSR count). The molecule has 0 saturated heterocycles. The molecule has 0 spiro atoms. The summed E-state index contributed by atoms with van der Waals surface area (Å²) in [6.07, 6.45) is 4.04. The van der Waals surface area contributed by atoms with Crippen LogP contribution in [0.1, 0.15) is 33.6 Å². The number of carbonyl (C=O) groups is 1. The molecular weight excluding hydrogens is 236 g/mol. The molecule has 3 N–H and O–H groups in total. The molecule has 0 fully saturated rings. The standard InChI is InChI=1S/C12H26N2O2S/c1-5-6-9(2)14-12(16)7-13-10(3)11(8-15)17-4/h9-11,13,15H,5-8H2,1-4H3,(H,14,16). The first kappa shape index (κ1) is 16.7. The molecule has 0 aromatic heterocycles. The van der Waals surface area contributed by atoms with E-state index >= 15 is 0 Å². The molecule has 0 aliphatic heterocycles. The van der Waals surface area contributed by atoms with Gasteiger partial charge in [0.2, 0.25) is 5.91 Å². The summed E-state index contributed by atoms with van der Waals surface area (Å²) in [5.41, 5.74) is 0. The molecule has 0 aliphatic rings. The van der Waals surface area contributed by atoms with Gasteiger partial charge in [-0.2, -0.15) is 11.8 Å². The predicted molar refractivity (Wildman–Crippen MR) is 74.4 cm³/mol. The van der Waals surface area contributed by atoms with Crippen LogP contribution in [-0.4, -0.2) is 47.8 Å². The van der Waals surface area contributed by atoms with Crippen LogP contribution in [0.4, 0.5) is 0 Å². The SMILES string of the molecule is CCCC(C)NC(=O)CNC(C)C(CO)SC. The molecule has 0 heterocycles. The van der Waals surface area contributed by atoms with Gasteiger partial charge < -0.3 is 15.7 Å². The summed E-state index contributed by atoms with van der Waals surface area (Å²) in [6.45, 7) is 6.55. The lowest BCUT2D eigenvalue weighted by Crippen LogP contribution is -2.45. The predicted octanol–water partition coefficient (Wildman–Crippen LogP) is 0.993. The Labute approximate surface area is 109 Å². The summed E-state index contributed by atoms with van der Waals surface area (Å²) in [5, 5.41) is 15.3. The molecular formula is C12H26N2O2S. The maximum absolute atomic E-state index is 11.6. The average molecular weight is 262 g/mol. The van der Waals surface area contributed by atoms with Crippen LogP contribution >= 0.6 is 11.8 Å². The van der Waals surface area contributed by atoms with Crippen molar-refractivity contribution in [1.82, 2.24) is 10.6 Å². The van der Waals surface area contributed by atoms with Crippen LogP contribution < -0.4 is 10.6 Å². The number of nitrogens with one attached hydrogen (secondary N) is 2. The number of thioether (sulfide) groups is 1. The highest BCUT2D eigenvalue weighted by Gasteiger charge is 2.15. The second kappa shape index (κ2) is 9.74. The molecule has 17 heavy (non-hydrogen) atoms. The van der Waals surface area contributed by atoms with Crippen LogP contribution in [0.5, 0.6) is 0 Å². The number of amides is 1. The van der Waals surface area contributed by atoms with Gasteiger partial charge in [-0.25, -0.2) is 0 Å². The first-order valence-corrected chi connectivity index (χ1v) is 7.50. The van der Waals surface area contributed by atoms with E-state index in [9.17, 15) is 4.79 Å². The van der Waals surface area contributed by atoms with Crippen molar-refractivity contribution in [3.05, 3.63) is 0 Å². The Hall–Kier alpha value is -0.260. The minimum Gasteiger partial charge on any atom is -0.395 e. The zero-order valence-corrected chi connectivity index (χ0v) is 12.1. The molecule has 3 unspecified atom stereocenters. The van der Waals surface area contributed by atoms with Crippen molar-refractivity contribution < 1.29 is 9.90 Å². The van der Waals surface area contributed by atoms with Gasteiger partial charge in [0.05, 0.1) is 13.2 Å². The summed E-state index contributed by atoms with van der Waals surface area (Å²) in [7, 11) is 0. The Morgan fingerprint density at radius 1 is 1.41 bits per heavy atom. The van der Waals surface area contributed by atoms with Gasteiger partial charge >= 0.3 is 0 Å². The van der Waals surface area contributed by atoms with Crippen molar-refractivity contribution in [3.8, 4) is 0 Å². The summed E-state index contributed by atoms with van der Waals surface area (Å²) >= 11 is 1.61. The van der Waals surface area contributed by atoms with Crippen molar-refractivity contribution in [3.63, 3.8) is 0 Å². The van der Waals surface area contributed by atoms with E-state index in [2.05, 4.69) is 17.6 Å². The molecule has 4 nitrogen and oxygen atoms in total. The van der Waals surface area contributed by atoms with Crippen molar-refractivity contribution in [2.24, 2.45) is 0 Å². The fourth-order valence-corrected chi connectivity index (χ4v) is 2.31. The topological polar surface area (TPSA) is 61.4 Å². The number of aliphatic hydroxyl groups is 1. The van der Waals surface area contributed by atoms with E-state index in [0.29, 0.717) is 6.54 Å². The van der Waals surface area contributed by atoms with Crippen LogP contribution in [0.3, 0.4) is 0 Å². The van der Waals surface area contributed by atoms with Crippen LogP contribution in [0.25, 0.3) is 0 Å². The fourth-order valence-electron chi connectivity index (χ4n) is 1.65. The van der Waals surface area contributed by atoms with Crippen molar-refractivity contribution in [2.45, 2.75) is 50.9 Å². The third kappa shape index (κ3) is 7.63. The lowest BCUT2D eigenvalue weighted by molar-refractivity contribution is -0.121. The second-order valence-corrected chi connectivity index (χ2v) is 5.46. The van der Waals surface area contributed by atoms with E-state index in [1.807, 2.05) is 20.1 Å². The zero-order chi connectivity index (χ0) is 13.3. The molecule has 1 amide bonds. The van der Waals surface area contributed by atoms with Gasteiger partial charge in [-0.3, -0.25) is 4.79 Å². The summed E-state index contributed by atoms with van der Waals surface area (Å²) in [5.74, 6) is 0.0237. The average Bonchev–Trinajstić information content (AvgIpc) is 2.28. The van der Waals surface area contributed by atoms with E-state index in [1.54, 1.807) is 11.8 Å². The summed E-state index contributed by atoms with van der Waals surface area (Å²) in [6, 6.07) is 0.362. The van der Waals surface area contributed by atoms with Crippen LogP contribution in [0.15, 0.2) is 0 Å². The summed E-state index contributed by atoms with van der Waals surface area (Å²) in [4.78, 5) is 11.6. The van der Waals surface area contributed by atoms with Gasteiger partial charge in [0, 0.05) is 17.3 Å². The van der Waals surface area contributed by atoms with E-state index in [1.165, 1.54) is 0 Å². The van der Waals surface area contributed by atoms with Gasteiger partial charge in [0.25, 0.3) is 0 Å². The number of hydrogen-bond donors (Lipinski definition) is 3. The Balaban J connectivity index is 3.83. The van der Waals surface area contributed by atoms with Gasteiger partial charge in [-0.1, -0.05) is 13.3 Å². The van der Waals surface area contributed by atoms with E-state index < -0.39 is 0 Å². The minimum atomic E-state index is 0.0237.